The lowest BCUT2D eigenvalue weighted by Crippen LogP contribution is -2.31. The molecule has 0 bridgehead atoms. The Hall–Kier alpha value is -3.48. The molecule has 0 aromatic heterocycles. The molecular formula is C26H26N2O5. The number of carbonyl (C=O) groups is 4. The number of rotatable bonds is 4. The van der Waals surface area contributed by atoms with Gasteiger partial charge in [0.2, 0.25) is 17.7 Å². The third-order valence-corrected chi connectivity index (χ3v) is 6.99. The molecule has 2 aromatic carbocycles. The predicted molar refractivity (Wildman–Crippen MR) is 122 cm³/mol. The molecular weight excluding hydrogens is 420 g/mol. The highest BCUT2D eigenvalue weighted by atomic mass is 16.5. The second kappa shape index (κ2) is 8.46. The van der Waals surface area contributed by atoms with Gasteiger partial charge in [-0.05, 0) is 55.7 Å². The lowest BCUT2D eigenvalue weighted by Gasteiger charge is -2.19. The normalized spacial score (nSPS) is 24.9. The van der Waals surface area contributed by atoms with Gasteiger partial charge in [-0.15, -0.1) is 0 Å². The summed E-state index contributed by atoms with van der Waals surface area (Å²) in [6.45, 7) is 2.07. The summed E-state index contributed by atoms with van der Waals surface area (Å²) in [6.07, 6.45) is 3.59. The van der Waals surface area contributed by atoms with E-state index in [1.54, 1.807) is 30.0 Å². The average molecular weight is 447 g/mol. The molecule has 7 nitrogen and oxygen atoms in total. The van der Waals surface area contributed by atoms with Gasteiger partial charge in [0, 0.05) is 18.7 Å². The van der Waals surface area contributed by atoms with Crippen LogP contribution in [0.5, 0.6) is 5.75 Å². The first-order valence-corrected chi connectivity index (χ1v) is 11.5. The van der Waals surface area contributed by atoms with Crippen molar-refractivity contribution in [3.8, 4) is 5.75 Å². The van der Waals surface area contributed by atoms with Gasteiger partial charge in [-0.25, -0.2) is 4.90 Å². The van der Waals surface area contributed by atoms with E-state index in [1.807, 2.05) is 30.3 Å². The van der Waals surface area contributed by atoms with Crippen LogP contribution < -0.4 is 14.5 Å². The van der Waals surface area contributed by atoms with Crippen LogP contribution in [0, 0.1) is 24.7 Å². The van der Waals surface area contributed by atoms with E-state index in [2.05, 4.69) is 0 Å². The van der Waals surface area contributed by atoms with Crippen LogP contribution in [0.4, 0.5) is 11.4 Å². The SMILES string of the molecule is Cc1cc(OC(=O)[C@@H]2CC(=O)N(c3ccccc3)C2)ccc1N1C(=O)[C@H]2CCCC[C@@H]2C1=O. The standard InChI is InChI=1S/C26H26N2O5/c1-16-13-19(11-12-22(16)28-24(30)20-9-5-6-10-21(20)25(28)31)33-26(32)17-14-23(29)27(15-17)18-7-3-2-4-8-18/h2-4,7-8,11-13,17,20-21H,5-6,9-10,14-15H2,1H3/t17-,20+,21+/m1/s1. The molecule has 1 aliphatic carbocycles. The van der Waals surface area contributed by atoms with E-state index in [4.69, 9.17) is 4.74 Å². The summed E-state index contributed by atoms with van der Waals surface area (Å²) < 4.78 is 5.57. The number of benzene rings is 2. The monoisotopic (exact) mass is 446 g/mol. The molecule has 0 unspecified atom stereocenters. The molecule has 3 atom stereocenters. The first-order chi connectivity index (χ1) is 15.9. The van der Waals surface area contributed by atoms with E-state index in [9.17, 15) is 19.2 Å². The summed E-state index contributed by atoms with van der Waals surface area (Å²) in [5.41, 5.74) is 2.00. The molecule has 0 spiro atoms. The maximum Gasteiger partial charge on any atom is 0.316 e. The molecule has 3 fully saturated rings. The minimum atomic E-state index is -0.553. The van der Waals surface area contributed by atoms with Crippen molar-refractivity contribution in [3.63, 3.8) is 0 Å². The Morgan fingerprint density at radius 1 is 0.939 bits per heavy atom. The largest absolute Gasteiger partial charge is 0.426 e. The summed E-state index contributed by atoms with van der Waals surface area (Å²) >= 11 is 0. The highest BCUT2D eigenvalue weighted by Crippen LogP contribution is 2.41. The zero-order valence-corrected chi connectivity index (χ0v) is 18.5. The first-order valence-electron chi connectivity index (χ1n) is 11.5. The van der Waals surface area contributed by atoms with Gasteiger partial charge in [-0.3, -0.25) is 19.2 Å². The number of para-hydroxylation sites is 1. The van der Waals surface area contributed by atoms with Gasteiger partial charge in [0.05, 0.1) is 23.4 Å². The molecule has 5 rings (SSSR count). The Balaban J connectivity index is 1.28. The van der Waals surface area contributed by atoms with Crippen molar-refractivity contribution >= 4 is 35.1 Å². The van der Waals surface area contributed by atoms with Crippen molar-refractivity contribution in [2.75, 3.05) is 16.3 Å². The number of anilines is 2. The summed E-state index contributed by atoms with van der Waals surface area (Å²) in [6, 6.07) is 14.2. The predicted octanol–water partition coefficient (Wildman–Crippen LogP) is 3.63. The van der Waals surface area contributed by atoms with Crippen molar-refractivity contribution in [2.45, 2.75) is 39.0 Å². The van der Waals surface area contributed by atoms with Crippen LogP contribution in [-0.4, -0.2) is 30.2 Å². The Morgan fingerprint density at radius 3 is 2.24 bits per heavy atom. The molecule has 1 saturated carbocycles. The Morgan fingerprint density at radius 2 is 1.61 bits per heavy atom. The van der Waals surface area contributed by atoms with Crippen LogP contribution in [0.3, 0.4) is 0 Å². The number of hydrogen-bond acceptors (Lipinski definition) is 5. The number of esters is 1. The lowest BCUT2D eigenvalue weighted by molar-refractivity contribution is -0.139. The fourth-order valence-corrected chi connectivity index (χ4v) is 5.26. The Bertz CT molecular complexity index is 1100. The van der Waals surface area contributed by atoms with Crippen LogP contribution in [0.1, 0.15) is 37.7 Å². The molecule has 170 valence electrons. The maximum absolute atomic E-state index is 12.9. The number of amides is 3. The van der Waals surface area contributed by atoms with Crippen molar-refractivity contribution in [1.82, 2.24) is 0 Å². The Kier molecular flexibility index (Phi) is 5.48. The van der Waals surface area contributed by atoms with Gasteiger partial charge in [-0.1, -0.05) is 31.0 Å². The lowest BCUT2D eigenvalue weighted by atomic mass is 9.81. The van der Waals surface area contributed by atoms with Gasteiger partial charge in [0.25, 0.3) is 0 Å². The molecule has 3 amide bonds. The molecule has 2 aromatic rings. The van der Waals surface area contributed by atoms with E-state index >= 15 is 0 Å². The van der Waals surface area contributed by atoms with Gasteiger partial charge in [0.1, 0.15) is 5.75 Å². The number of hydrogen-bond donors (Lipinski definition) is 0. The summed E-state index contributed by atoms with van der Waals surface area (Å²) in [5, 5.41) is 0. The van der Waals surface area contributed by atoms with E-state index in [0.29, 0.717) is 17.0 Å². The number of carbonyl (C=O) groups excluding carboxylic acids is 4. The minimum absolute atomic E-state index is 0.102. The van der Waals surface area contributed by atoms with Crippen LogP contribution in [0.2, 0.25) is 0 Å². The molecule has 3 aliphatic rings. The zero-order chi connectivity index (χ0) is 23.1. The second-order valence-corrected chi connectivity index (χ2v) is 9.12. The fraction of sp³-hybridized carbons (Fsp3) is 0.385. The van der Waals surface area contributed by atoms with E-state index in [1.165, 1.54) is 4.90 Å². The smallest absolute Gasteiger partial charge is 0.316 e. The van der Waals surface area contributed by atoms with Crippen molar-refractivity contribution in [1.29, 1.82) is 0 Å². The third kappa shape index (κ3) is 3.81. The van der Waals surface area contributed by atoms with Gasteiger partial charge in [-0.2, -0.15) is 0 Å². The minimum Gasteiger partial charge on any atom is -0.426 e. The van der Waals surface area contributed by atoms with Crippen molar-refractivity contribution < 1.29 is 23.9 Å². The molecule has 2 aliphatic heterocycles. The van der Waals surface area contributed by atoms with Crippen LogP contribution in [0.15, 0.2) is 48.5 Å². The summed E-state index contributed by atoms with van der Waals surface area (Å²) in [5.74, 6) is -1.46. The number of imide groups is 1. The van der Waals surface area contributed by atoms with E-state index in [0.717, 1.165) is 31.4 Å². The molecule has 7 heteroatoms. The first kappa shape index (κ1) is 21.4. The quantitative estimate of drug-likeness (QED) is 0.407. The van der Waals surface area contributed by atoms with Crippen molar-refractivity contribution in [3.05, 3.63) is 54.1 Å². The Labute approximate surface area is 192 Å². The third-order valence-electron chi connectivity index (χ3n) is 6.99. The molecule has 0 radical (unpaired) electrons. The van der Waals surface area contributed by atoms with Crippen LogP contribution in [-0.2, 0) is 19.2 Å². The van der Waals surface area contributed by atoms with Gasteiger partial charge in [0.15, 0.2) is 0 Å². The molecule has 0 N–H and O–H groups in total. The molecule has 2 saturated heterocycles. The van der Waals surface area contributed by atoms with Crippen LogP contribution >= 0.6 is 0 Å². The second-order valence-electron chi connectivity index (χ2n) is 9.12. The topological polar surface area (TPSA) is 84.0 Å². The van der Waals surface area contributed by atoms with E-state index in [-0.39, 0.29) is 42.5 Å². The summed E-state index contributed by atoms with van der Waals surface area (Å²) in [7, 11) is 0. The van der Waals surface area contributed by atoms with E-state index < -0.39 is 11.9 Å². The fourth-order valence-electron chi connectivity index (χ4n) is 5.26. The number of nitrogens with zero attached hydrogens (tertiary/aromatic N) is 2. The molecule has 33 heavy (non-hydrogen) atoms. The summed E-state index contributed by atoms with van der Waals surface area (Å²) in [4.78, 5) is 53.9. The van der Waals surface area contributed by atoms with Crippen LogP contribution in [0.25, 0.3) is 0 Å². The zero-order valence-electron chi connectivity index (χ0n) is 18.5. The highest BCUT2D eigenvalue weighted by molar-refractivity contribution is 6.22. The average Bonchev–Trinajstić information content (AvgIpc) is 3.33. The maximum atomic E-state index is 12.9. The van der Waals surface area contributed by atoms with Crippen molar-refractivity contribution in [2.24, 2.45) is 17.8 Å². The highest BCUT2D eigenvalue weighted by Gasteiger charge is 2.49. The number of aryl methyl sites for hydroxylation is 1. The molecule has 2 heterocycles. The van der Waals surface area contributed by atoms with Gasteiger partial charge >= 0.3 is 5.97 Å². The van der Waals surface area contributed by atoms with Gasteiger partial charge < -0.3 is 9.64 Å². The number of fused-ring (bicyclic) bond motifs is 1. The number of ether oxygens (including phenoxy) is 1.